The monoisotopic (exact) mass is 161 g/mol. The normalized spacial score (nSPS) is 15.5. The molecular weight excluding hydrogens is 150 g/mol. The highest BCUT2D eigenvalue weighted by Crippen LogP contribution is 2.14. The highest BCUT2D eigenvalue weighted by atomic mass is 15.4. The molecule has 3 nitrogen and oxygen atoms in total. The second-order valence-electron chi connectivity index (χ2n) is 2.75. The zero-order chi connectivity index (χ0) is 8.39. The first kappa shape index (κ1) is 7.18. The van der Waals surface area contributed by atoms with Gasteiger partial charge in [0, 0.05) is 12.2 Å². The van der Waals surface area contributed by atoms with Gasteiger partial charge >= 0.3 is 0 Å². The number of nitrogen functional groups attached to an aromatic ring is 1. The van der Waals surface area contributed by atoms with Gasteiger partial charge in [0.2, 0.25) is 0 Å². The van der Waals surface area contributed by atoms with Crippen LogP contribution in [0.3, 0.4) is 0 Å². The second-order valence-corrected chi connectivity index (χ2v) is 2.75. The van der Waals surface area contributed by atoms with E-state index in [1.165, 1.54) is 0 Å². The van der Waals surface area contributed by atoms with Gasteiger partial charge in [0.15, 0.2) is 0 Å². The molecule has 1 aromatic carbocycles. The van der Waals surface area contributed by atoms with Crippen molar-refractivity contribution in [3.05, 3.63) is 35.9 Å². The molecule has 3 heteroatoms. The molecule has 0 aromatic heterocycles. The van der Waals surface area contributed by atoms with Gasteiger partial charge in [-0.05, 0) is 23.8 Å². The van der Waals surface area contributed by atoms with E-state index in [1.807, 2.05) is 24.3 Å². The molecule has 0 radical (unpaired) electrons. The highest BCUT2D eigenvalue weighted by molar-refractivity contribution is 5.66. The Morgan fingerprint density at radius 2 is 1.92 bits per heavy atom. The molecule has 0 aliphatic carbocycles. The van der Waals surface area contributed by atoms with Crippen molar-refractivity contribution in [2.45, 2.75) is 0 Å². The van der Waals surface area contributed by atoms with Crippen molar-refractivity contribution < 1.29 is 0 Å². The summed E-state index contributed by atoms with van der Waals surface area (Å²) in [5, 5.41) is 0. The molecule has 0 fully saturated rings. The third-order valence-electron chi connectivity index (χ3n) is 1.85. The fourth-order valence-corrected chi connectivity index (χ4v) is 1.20. The predicted molar refractivity (Wildman–Crippen MR) is 50.0 cm³/mol. The Labute approximate surface area is 71.2 Å². The van der Waals surface area contributed by atoms with E-state index in [2.05, 4.69) is 16.9 Å². The van der Waals surface area contributed by atoms with Gasteiger partial charge in [0.05, 0.1) is 5.70 Å². The van der Waals surface area contributed by atoms with Crippen molar-refractivity contribution in [2.24, 2.45) is 0 Å². The first-order valence-electron chi connectivity index (χ1n) is 3.91. The minimum Gasteiger partial charge on any atom is -0.399 e. The van der Waals surface area contributed by atoms with Gasteiger partial charge in [-0.15, -0.1) is 0 Å². The fourth-order valence-electron chi connectivity index (χ4n) is 1.20. The van der Waals surface area contributed by atoms with Gasteiger partial charge < -0.3 is 11.2 Å². The average molecular weight is 161 g/mol. The van der Waals surface area contributed by atoms with Crippen LogP contribution in [-0.4, -0.2) is 6.54 Å². The van der Waals surface area contributed by atoms with Crippen LogP contribution in [0, 0.1) is 0 Å². The Balaban J connectivity index is 2.28. The van der Waals surface area contributed by atoms with E-state index in [-0.39, 0.29) is 0 Å². The Morgan fingerprint density at radius 1 is 1.17 bits per heavy atom. The second kappa shape index (κ2) is 2.87. The van der Waals surface area contributed by atoms with Gasteiger partial charge in [-0.3, -0.25) is 0 Å². The molecule has 2 rings (SSSR count). The van der Waals surface area contributed by atoms with Crippen LogP contribution in [0.2, 0.25) is 0 Å². The number of nitrogens with one attached hydrogen (secondary N) is 2. The molecule has 1 heterocycles. The third kappa shape index (κ3) is 1.26. The van der Waals surface area contributed by atoms with Crippen LogP contribution in [0.1, 0.15) is 5.56 Å². The molecule has 0 bridgehead atoms. The van der Waals surface area contributed by atoms with Crippen molar-refractivity contribution in [3.8, 4) is 0 Å². The van der Waals surface area contributed by atoms with Gasteiger partial charge in [-0.1, -0.05) is 12.1 Å². The van der Waals surface area contributed by atoms with E-state index in [4.69, 9.17) is 5.73 Å². The van der Waals surface area contributed by atoms with Gasteiger partial charge in [-0.25, -0.2) is 5.43 Å². The standard InChI is InChI=1S/C9H11N3/c10-8-3-1-7(2-4-8)9-5-6-11-12-9/h1-5,11-12H,6,10H2. The number of nitrogens with two attached hydrogens (primary N) is 1. The zero-order valence-corrected chi connectivity index (χ0v) is 6.67. The fraction of sp³-hybridized carbons (Fsp3) is 0.111. The van der Waals surface area contributed by atoms with Crippen LogP contribution < -0.4 is 16.6 Å². The lowest BCUT2D eigenvalue weighted by molar-refractivity contribution is 0.738. The number of benzene rings is 1. The van der Waals surface area contributed by atoms with E-state index in [9.17, 15) is 0 Å². The quantitative estimate of drug-likeness (QED) is 0.532. The van der Waals surface area contributed by atoms with Crippen molar-refractivity contribution in [1.29, 1.82) is 0 Å². The minimum atomic E-state index is 0.797. The predicted octanol–water partition coefficient (Wildman–Crippen LogP) is 0.717. The Kier molecular flexibility index (Phi) is 1.72. The molecule has 1 aliphatic heterocycles. The van der Waals surface area contributed by atoms with Crippen molar-refractivity contribution in [2.75, 3.05) is 12.3 Å². The summed E-state index contributed by atoms with van der Waals surface area (Å²) in [5.41, 5.74) is 14.7. The van der Waals surface area contributed by atoms with Crippen molar-refractivity contribution in [3.63, 3.8) is 0 Å². The molecule has 62 valence electrons. The van der Waals surface area contributed by atoms with E-state index in [0.717, 1.165) is 23.5 Å². The summed E-state index contributed by atoms with van der Waals surface area (Å²) in [6.45, 7) is 0.875. The first-order valence-corrected chi connectivity index (χ1v) is 3.91. The maximum absolute atomic E-state index is 5.57. The lowest BCUT2D eigenvalue weighted by Crippen LogP contribution is -2.22. The Bertz CT molecular complexity index is 300. The summed E-state index contributed by atoms with van der Waals surface area (Å²) in [6.07, 6.45) is 2.10. The molecule has 0 atom stereocenters. The Morgan fingerprint density at radius 3 is 2.50 bits per heavy atom. The molecule has 4 N–H and O–H groups in total. The van der Waals surface area contributed by atoms with E-state index >= 15 is 0 Å². The largest absolute Gasteiger partial charge is 0.399 e. The average Bonchev–Trinajstić information content (AvgIpc) is 2.58. The summed E-state index contributed by atoms with van der Waals surface area (Å²) in [4.78, 5) is 0. The lowest BCUT2D eigenvalue weighted by atomic mass is 10.1. The number of hydrazine groups is 1. The number of hydrogen-bond donors (Lipinski definition) is 3. The van der Waals surface area contributed by atoms with Gasteiger partial charge in [-0.2, -0.15) is 0 Å². The van der Waals surface area contributed by atoms with Crippen molar-refractivity contribution >= 4 is 11.4 Å². The summed E-state index contributed by atoms with van der Waals surface area (Å²) in [6, 6.07) is 7.80. The summed E-state index contributed by atoms with van der Waals surface area (Å²) in [7, 11) is 0. The summed E-state index contributed by atoms with van der Waals surface area (Å²) < 4.78 is 0. The SMILES string of the molecule is Nc1ccc(C2=CCNN2)cc1. The molecule has 0 unspecified atom stereocenters. The molecule has 0 amide bonds. The van der Waals surface area contributed by atoms with Crippen molar-refractivity contribution in [1.82, 2.24) is 10.9 Å². The van der Waals surface area contributed by atoms with E-state index < -0.39 is 0 Å². The lowest BCUT2D eigenvalue weighted by Gasteiger charge is -2.03. The highest BCUT2D eigenvalue weighted by Gasteiger charge is 2.03. The molecule has 1 aromatic rings. The Hall–Kier alpha value is -1.48. The van der Waals surface area contributed by atoms with Crippen LogP contribution >= 0.6 is 0 Å². The molecule has 1 aliphatic rings. The zero-order valence-electron chi connectivity index (χ0n) is 6.67. The molecule has 12 heavy (non-hydrogen) atoms. The maximum atomic E-state index is 5.57. The molecular formula is C9H11N3. The van der Waals surface area contributed by atoms with Gasteiger partial charge in [0.25, 0.3) is 0 Å². The van der Waals surface area contributed by atoms with Crippen LogP contribution in [-0.2, 0) is 0 Å². The smallest absolute Gasteiger partial charge is 0.0533 e. The van der Waals surface area contributed by atoms with Crippen LogP contribution in [0.4, 0.5) is 5.69 Å². The van der Waals surface area contributed by atoms with E-state index in [1.54, 1.807) is 0 Å². The minimum absolute atomic E-state index is 0.797. The van der Waals surface area contributed by atoms with Crippen LogP contribution in [0.25, 0.3) is 5.70 Å². The van der Waals surface area contributed by atoms with Crippen LogP contribution in [0.15, 0.2) is 30.3 Å². The van der Waals surface area contributed by atoms with Gasteiger partial charge in [0.1, 0.15) is 0 Å². The number of anilines is 1. The van der Waals surface area contributed by atoms with E-state index in [0.29, 0.717) is 0 Å². The molecule has 0 saturated heterocycles. The summed E-state index contributed by atoms with van der Waals surface area (Å²) in [5.74, 6) is 0. The third-order valence-corrected chi connectivity index (χ3v) is 1.85. The first-order chi connectivity index (χ1) is 5.86. The maximum Gasteiger partial charge on any atom is 0.0533 e. The number of hydrogen-bond acceptors (Lipinski definition) is 3. The molecule has 0 saturated carbocycles. The summed E-state index contributed by atoms with van der Waals surface area (Å²) >= 11 is 0. The number of rotatable bonds is 1. The molecule has 0 spiro atoms. The van der Waals surface area contributed by atoms with Crippen LogP contribution in [0.5, 0.6) is 0 Å². The topological polar surface area (TPSA) is 50.1 Å².